The maximum atomic E-state index is 12.5. The number of nitrogens with zero attached hydrogens (tertiary/aromatic N) is 1. The van der Waals surface area contributed by atoms with E-state index in [1.54, 1.807) is 6.08 Å². The fraction of sp³-hybridized carbons (Fsp3) is 0.320. The Kier molecular flexibility index (Phi) is 4.73. The van der Waals surface area contributed by atoms with Gasteiger partial charge in [0.25, 0.3) is 0 Å². The largest absolute Gasteiger partial charge is 0.490 e. The van der Waals surface area contributed by atoms with Crippen LogP contribution in [0.4, 0.5) is 5.69 Å². The molecule has 4 nitrogen and oxygen atoms in total. The Bertz CT molecular complexity index is 975. The second-order valence-electron chi connectivity index (χ2n) is 8.36. The van der Waals surface area contributed by atoms with E-state index in [-0.39, 0.29) is 11.3 Å². The Labute approximate surface area is 172 Å². The van der Waals surface area contributed by atoms with Gasteiger partial charge in [-0.15, -0.1) is 0 Å². The van der Waals surface area contributed by atoms with Crippen LogP contribution in [0.1, 0.15) is 37.0 Å². The second-order valence-corrected chi connectivity index (χ2v) is 8.36. The summed E-state index contributed by atoms with van der Waals surface area (Å²) in [6.45, 7) is 11.4. The van der Waals surface area contributed by atoms with Crippen molar-refractivity contribution in [2.24, 2.45) is 0 Å². The van der Waals surface area contributed by atoms with Crippen LogP contribution in [0.15, 0.2) is 61.2 Å². The number of benzene rings is 2. The second kappa shape index (κ2) is 7.11. The van der Waals surface area contributed by atoms with E-state index in [0.717, 1.165) is 11.3 Å². The first kappa shape index (κ1) is 19.3. The standard InChI is InChI=1S/C25H28N2O2/c1-5-16-29-20-9-7-19(8-10-20)12-14-25-24(3,4)21-17-18(2)6-11-22(21)27(25)15-13-23(28)26-25/h5-12,14,17H,1,13,15-16H2,2-4H3,(H,26,28)/t25-/m1/s1. The van der Waals surface area contributed by atoms with Crippen molar-refractivity contribution in [1.82, 2.24) is 5.32 Å². The normalized spacial score (nSPS) is 22.2. The summed E-state index contributed by atoms with van der Waals surface area (Å²) in [6, 6.07) is 14.5. The Morgan fingerprint density at radius 2 is 1.97 bits per heavy atom. The van der Waals surface area contributed by atoms with E-state index >= 15 is 0 Å². The highest BCUT2D eigenvalue weighted by atomic mass is 16.5. The smallest absolute Gasteiger partial charge is 0.223 e. The lowest BCUT2D eigenvalue weighted by molar-refractivity contribution is -0.124. The van der Waals surface area contributed by atoms with Gasteiger partial charge in [-0.05, 0) is 42.3 Å². The highest BCUT2D eigenvalue weighted by Crippen LogP contribution is 2.52. The van der Waals surface area contributed by atoms with E-state index in [0.29, 0.717) is 19.6 Å². The molecule has 2 heterocycles. The van der Waals surface area contributed by atoms with Gasteiger partial charge in [0.2, 0.25) is 5.91 Å². The fourth-order valence-electron chi connectivity index (χ4n) is 4.51. The number of hydrogen-bond acceptors (Lipinski definition) is 3. The monoisotopic (exact) mass is 388 g/mol. The minimum absolute atomic E-state index is 0.0941. The van der Waals surface area contributed by atoms with Gasteiger partial charge >= 0.3 is 0 Å². The van der Waals surface area contributed by atoms with Gasteiger partial charge in [-0.3, -0.25) is 4.79 Å². The summed E-state index contributed by atoms with van der Waals surface area (Å²) in [7, 11) is 0. The molecule has 0 aliphatic carbocycles. The molecule has 4 heteroatoms. The van der Waals surface area contributed by atoms with Gasteiger partial charge in [0.15, 0.2) is 0 Å². The first-order valence-electron chi connectivity index (χ1n) is 10.1. The summed E-state index contributed by atoms with van der Waals surface area (Å²) >= 11 is 0. The molecule has 150 valence electrons. The van der Waals surface area contributed by atoms with Crippen molar-refractivity contribution >= 4 is 17.7 Å². The van der Waals surface area contributed by atoms with Crippen molar-refractivity contribution in [2.75, 3.05) is 18.1 Å². The van der Waals surface area contributed by atoms with Crippen LogP contribution >= 0.6 is 0 Å². The lowest BCUT2D eigenvalue weighted by Gasteiger charge is -2.49. The lowest BCUT2D eigenvalue weighted by atomic mass is 9.74. The number of carbonyl (C=O) groups is 1. The zero-order chi connectivity index (χ0) is 20.6. The summed E-state index contributed by atoms with van der Waals surface area (Å²) in [5.74, 6) is 0.911. The van der Waals surface area contributed by atoms with E-state index < -0.39 is 5.66 Å². The molecule has 1 N–H and O–H groups in total. The zero-order valence-electron chi connectivity index (χ0n) is 17.4. The minimum atomic E-state index is -0.587. The summed E-state index contributed by atoms with van der Waals surface area (Å²) in [6.07, 6.45) is 6.48. The molecule has 1 saturated heterocycles. The van der Waals surface area contributed by atoms with Gasteiger partial charge in [0.1, 0.15) is 18.0 Å². The van der Waals surface area contributed by atoms with Gasteiger partial charge in [-0.1, -0.05) is 62.4 Å². The molecule has 29 heavy (non-hydrogen) atoms. The van der Waals surface area contributed by atoms with Crippen LogP contribution in [0.25, 0.3) is 6.08 Å². The van der Waals surface area contributed by atoms with Gasteiger partial charge in [0, 0.05) is 24.1 Å². The van der Waals surface area contributed by atoms with Crippen molar-refractivity contribution in [3.05, 3.63) is 77.9 Å². The summed E-state index contributed by atoms with van der Waals surface area (Å²) in [4.78, 5) is 14.8. The number of hydrogen-bond donors (Lipinski definition) is 1. The number of aryl methyl sites for hydroxylation is 1. The third-order valence-electron chi connectivity index (χ3n) is 6.15. The highest BCUT2D eigenvalue weighted by Gasteiger charge is 2.57. The number of ether oxygens (including phenoxy) is 1. The molecule has 2 aromatic carbocycles. The van der Waals surface area contributed by atoms with Crippen molar-refractivity contribution in [2.45, 2.75) is 38.3 Å². The predicted molar refractivity (Wildman–Crippen MR) is 118 cm³/mol. The number of rotatable bonds is 5. The van der Waals surface area contributed by atoms with Crippen molar-refractivity contribution < 1.29 is 9.53 Å². The van der Waals surface area contributed by atoms with E-state index in [1.165, 1.54) is 16.8 Å². The molecule has 2 aliphatic rings. The molecule has 2 aromatic rings. The lowest BCUT2D eigenvalue weighted by Crippen LogP contribution is -2.68. The third kappa shape index (κ3) is 3.13. The maximum absolute atomic E-state index is 12.5. The van der Waals surface area contributed by atoms with Crippen molar-refractivity contribution in [3.8, 4) is 5.75 Å². The molecule has 0 unspecified atom stereocenters. The maximum Gasteiger partial charge on any atom is 0.223 e. The van der Waals surface area contributed by atoms with Crippen LogP contribution in [0.2, 0.25) is 0 Å². The Morgan fingerprint density at radius 3 is 2.69 bits per heavy atom. The van der Waals surface area contributed by atoms with Crippen molar-refractivity contribution in [1.29, 1.82) is 0 Å². The molecular weight excluding hydrogens is 360 g/mol. The van der Waals surface area contributed by atoms with Crippen LogP contribution in [0, 0.1) is 6.92 Å². The quantitative estimate of drug-likeness (QED) is 0.762. The molecule has 1 amide bonds. The SMILES string of the molecule is C=CCOc1ccc(C=C[C@@]23NC(=O)CCN2c2ccc(C)cc2C3(C)C)cc1. The molecule has 0 aromatic heterocycles. The van der Waals surface area contributed by atoms with E-state index in [1.807, 2.05) is 24.3 Å². The van der Waals surface area contributed by atoms with E-state index in [2.05, 4.69) is 67.9 Å². The minimum Gasteiger partial charge on any atom is -0.490 e. The average molecular weight is 389 g/mol. The highest BCUT2D eigenvalue weighted by molar-refractivity contribution is 5.84. The molecule has 1 fully saturated rings. The van der Waals surface area contributed by atoms with Crippen molar-refractivity contribution in [3.63, 3.8) is 0 Å². The first-order valence-corrected chi connectivity index (χ1v) is 10.1. The first-order chi connectivity index (χ1) is 13.9. The molecule has 0 spiro atoms. The fourth-order valence-corrected chi connectivity index (χ4v) is 4.51. The van der Waals surface area contributed by atoms with Gasteiger partial charge < -0.3 is 15.0 Å². The van der Waals surface area contributed by atoms with Crippen LogP contribution in [-0.4, -0.2) is 24.7 Å². The van der Waals surface area contributed by atoms with Gasteiger partial charge in [-0.2, -0.15) is 0 Å². The Hall–Kier alpha value is -3.01. The average Bonchev–Trinajstić information content (AvgIpc) is 2.89. The van der Waals surface area contributed by atoms with Crippen LogP contribution < -0.4 is 15.0 Å². The zero-order valence-corrected chi connectivity index (χ0v) is 17.4. The summed E-state index contributed by atoms with van der Waals surface area (Å²) < 4.78 is 5.57. The van der Waals surface area contributed by atoms with Crippen LogP contribution in [-0.2, 0) is 10.2 Å². The summed E-state index contributed by atoms with van der Waals surface area (Å²) in [5, 5.41) is 3.32. The number of nitrogens with one attached hydrogen (secondary N) is 1. The van der Waals surface area contributed by atoms with E-state index in [9.17, 15) is 4.79 Å². The molecule has 1 atom stereocenters. The predicted octanol–water partition coefficient (Wildman–Crippen LogP) is 4.59. The number of carbonyl (C=O) groups excluding carboxylic acids is 1. The number of anilines is 1. The van der Waals surface area contributed by atoms with Gasteiger partial charge in [0.05, 0.1) is 0 Å². The topological polar surface area (TPSA) is 41.6 Å². The molecule has 0 radical (unpaired) electrons. The number of fused-ring (bicyclic) bond motifs is 3. The molecule has 2 aliphatic heterocycles. The number of amides is 1. The Balaban J connectivity index is 1.72. The molecule has 0 bridgehead atoms. The molecular formula is C25H28N2O2. The Morgan fingerprint density at radius 1 is 1.21 bits per heavy atom. The summed E-state index contributed by atoms with van der Waals surface area (Å²) in [5.41, 5.74) is 3.92. The third-order valence-corrected chi connectivity index (χ3v) is 6.15. The van der Waals surface area contributed by atoms with Crippen LogP contribution in [0.5, 0.6) is 5.75 Å². The van der Waals surface area contributed by atoms with Crippen LogP contribution in [0.3, 0.4) is 0 Å². The van der Waals surface area contributed by atoms with Gasteiger partial charge in [-0.25, -0.2) is 0 Å². The van der Waals surface area contributed by atoms with E-state index in [4.69, 9.17) is 4.74 Å². The molecule has 0 saturated carbocycles. The molecule has 4 rings (SSSR count).